The molecule has 0 amide bonds. The van der Waals surface area contributed by atoms with Gasteiger partial charge in [-0.1, -0.05) is 29.8 Å². The summed E-state index contributed by atoms with van der Waals surface area (Å²) in [6, 6.07) is 6.28. The van der Waals surface area contributed by atoms with Crippen LogP contribution in [0.1, 0.15) is 11.7 Å². The van der Waals surface area contributed by atoms with Crippen LogP contribution in [0, 0.1) is 0 Å². The van der Waals surface area contributed by atoms with E-state index in [0.29, 0.717) is 11.3 Å². The fourth-order valence-electron chi connectivity index (χ4n) is 1.22. The molecule has 6 nitrogen and oxygen atoms in total. The highest BCUT2D eigenvalue weighted by Gasteiger charge is 2.27. The lowest BCUT2D eigenvalue weighted by Crippen LogP contribution is -2.31. The first-order chi connectivity index (χ1) is 8.10. The average Bonchev–Trinajstić information content (AvgIpc) is 2.37. The first-order valence-electron chi connectivity index (χ1n) is 4.70. The van der Waals surface area contributed by atoms with Crippen molar-refractivity contribution in [3.8, 4) is 5.75 Å². The normalized spacial score (nSPS) is 13.9. The minimum atomic E-state index is -1.69. The summed E-state index contributed by atoms with van der Waals surface area (Å²) in [4.78, 5) is 17.2. The molecule has 0 aromatic heterocycles. The van der Waals surface area contributed by atoms with Gasteiger partial charge in [0, 0.05) is 0 Å². The summed E-state index contributed by atoms with van der Waals surface area (Å²) in [6.07, 6.45) is -3.07. The van der Waals surface area contributed by atoms with Gasteiger partial charge in [0.15, 0.2) is 6.10 Å². The molecule has 7 heteroatoms. The number of carbonyl (C=O) groups is 1. The Morgan fingerprint density at radius 2 is 1.94 bits per heavy atom. The Balaban J connectivity index is 2.73. The van der Waals surface area contributed by atoms with E-state index in [9.17, 15) is 15.0 Å². The Bertz CT molecular complexity index is 369. The molecular formula is C10H13NO5S. The van der Waals surface area contributed by atoms with E-state index in [1.54, 1.807) is 12.1 Å². The van der Waals surface area contributed by atoms with Crippen molar-refractivity contribution in [1.29, 1.82) is 0 Å². The first-order valence-corrected chi connectivity index (χ1v) is 5.14. The minimum Gasteiger partial charge on any atom is -0.497 e. The molecule has 0 spiro atoms. The quantitative estimate of drug-likeness (QED) is 0.439. The van der Waals surface area contributed by atoms with Crippen molar-refractivity contribution in [1.82, 2.24) is 4.89 Å². The number of thiol groups is 1. The summed E-state index contributed by atoms with van der Waals surface area (Å²) < 4.78 is 4.94. The third-order valence-corrected chi connectivity index (χ3v) is 2.24. The summed E-state index contributed by atoms with van der Waals surface area (Å²) in [6.45, 7) is 0. The Kier molecular flexibility index (Phi) is 5.23. The zero-order valence-corrected chi connectivity index (χ0v) is 9.92. The van der Waals surface area contributed by atoms with E-state index in [2.05, 4.69) is 17.7 Å². The molecule has 0 aliphatic rings. The van der Waals surface area contributed by atoms with Crippen molar-refractivity contribution in [2.75, 3.05) is 7.11 Å². The SMILES string of the molecule is COc1ccc([C@@H](O)[C@H](O)C(=O)ONS)cc1. The first kappa shape index (κ1) is 13.8. The zero-order chi connectivity index (χ0) is 12.8. The van der Waals surface area contributed by atoms with Crippen LogP contribution in [0.15, 0.2) is 24.3 Å². The highest BCUT2D eigenvalue weighted by Crippen LogP contribution is 2.20. The van der Waals surface area contributed by atoms with Crippen molar-refractivity contribution in [2.45, 2.75) is 12.2 Å². The molecule has 0 saturated carbocycles. The molecule has 0 radical (unpaired) electrons. The van der Waals surface area contributed by atoms with Crippen LogP contribution < -0.4 is 9.62 Å². The Morgan fingerprint density at radius 1 is 1.35 bits per heavy atom. The molecule has 0 heterocycles. The molecule has 94 valence electrons. The van der Waals surface area contributed by atoms with Crippen LogP contribution in [0.2, 0.25) is 0 Å². The Hall–Kier alpha value is -1.28. The Labute approximate surface area is 104 Å². The standard InChI is InChI=1S/C10H13NO5S/c1-15-7-4-2-6(3-5-7)8(12)9(13)10(14)16-11-17/h2-5,8-9,11-13,17H,1H3/t8-,9+/m1/s1. The molecular weight excluding hydrogens is 246 g/mol. The summed E-state index contributed by atoms with van der Waals surface area (Å²) >= 11 is 3.43. The largest absolute Gasteiger partial charge is 0.497 e. The number of methoxy groups -OCH3 is 1. The number of hydrogen-bond acceptors (Lipinski definition) is 7. The van der Waals surface area contributed by atoms with Gasteiger partial charge in [-0.05, 0) is 17.7 Å². The smallest absolute Gasteiger partial charge is 0.357 e. The molecule has 1 aromatic carbocycles. The lowest BCUT2D eigenvalue weighted by Gasteiger charge is -2.16. The lowest BCUT2D eigenvalue weighted by molar-refractivity contribution is -0.163. The van der Waals surface area contributed by atoms with Gasteiger partial charge in [-0.3, -0.25) is 0 Å². The van der Waals surface area contributed by atoms with E-state index < -0.39 is 18.2 Å². The van der Waals surface area contributed by atoms with Crippen molar-refractivity contribution in [2.24, 2.45) is 0 Å². The highest BCUT2D eigenvalue weighted by atomic mass is 32.1. The number of hydrogen-bond donors (Lipinski definition) is 4. The zero-order valence-electron chi connectivity index (χ0n) is 9.03. The molecule has 3 N–H and O–H groups in total. The van der Waals surface area contributed by atoms with E-state index in [1.807, 2.05) is 4.89 Å². The summed E-state index contributed by atoms with van der Waals surface area (Å²) in [7, 11) is 1.51. The monoisotopic (exact) mass is 259 g/mol. The summed E-state index contributed by atoms with van der Waals surface area (Å²) in [5.41, 5.74) is 0.370. The highest BCUT2D eigenvalue weighted by molar-refractivity contribution is 7.77. The average molecular weight is 259 g/mol. The van der Waals surface area contributed by atoms with Gasteiger partial charge in [-0.2, -0.15) is 0 Å². The van der Waals surface area contributed by atoms with Gasteiger partial charge in [0.25, 0.3) is 0 Å². The Morgan fingerprint density at radius 3 is 2.41 bits per heavy atom. The van der Waals surface area contributed by atoms with Crippen molar-refractivity contribution >= 4 is 18.8 Å². The van der Waals surface area contributed by atoms with Crippen molar-refractivity contribution in [3.63, 3.8) is 0 Å². The lowest BCUT2D eigenvalue weighted by atomic mass is 10.0. The number of nitrogens with one attached hydrogen (secondary N) is 1. The topological polar surface area (TPSA) is 88.0 Å². The fourth-order valence-corrected chi connectivity index (χ4v) is 1.31. The van der Waals surface area contributed by atoms with Crippen LogP contribution in [0.5, 0.6) is 5.75 Å². The second-order valence-corrected chi connectivity index (χ2v) is 3.36. The summed E-state index contributed by atoms with van der Waals surface area (Å²) in [5, 5.41) is 19.2. The maximum absolute atomic E-state index is 11.1. The third-order valence-electron chi connectivity index (χ3n) is 2.14. The fraction of sp³-hybridized carbons (Fsp3) is 0.300. The van der Waals surface area contributed by atoms with Gasteiger partial charge in [0.05, 0.1) is 7.11 Å². The molecule has 0 aliphatic carbocycles. The van der Waals surface area contributed by atoms with E-state index in [-0.39, 0.29) is 0 Å². The minimum absolute atomic E-state index is 0.370. The third kappa shape index (κ3) is 3.60. The number of benzene rings is 1. The maximum atomic E-state index is 11.1. The second kappa shape index (κ2) is 6.45. The van der Waals surface area contributed by atoms with Crippen LogP contribution >= 0.6 is 12.8 Å². The van der Waals surface area contributed by atoms with E-state index in [1.165, 1.54) is 19.2 Å². The van der Waals surface area contributed by atoms with E-state index in [4.69, 9.17) is 4.74 Å². The molecule has 0 saturated heterocycles. The maximum Gasteiger partial charge on any atom is 0.357 e. The van der Waals surface area contributed by atoms with Crippen molar-refractivity contribution in [3.05, 3.63) is 29.8 Å². The molecule has 0 aliphatic heterocycles. The number of carbonyl (C=O) groups excluding carboxylic acids is 1. The molecule has 0 unspecified atom stereocenters. The van der Waals surface area contributed by atoms with E-state index in [0.717, 1.165) is 0 Å². The number of rotatable bonds is 5. The van der Waals surface area contributed by atoms with Gasteiger partial charge < -0.3 is 19.8 Å². The van der Waals surface area contributed by atoms with E-state index >= 15 is 0 Å². The van der Waals surface area contributed by atoms with Crippen LogP contribution in [0.3, 0.4) is 0 Å². The molecule has 17 heavy (non-hydrogen) atoms. The van der Waals surface area contributed by atoms with Gasteiger partial charge in [-0.15, -0.1) is 0 Å². The number of aliphatic hydroxyl groups excluding tert-OH is 2. The molecule has 1 rings (SSSR count). The van der Waals surface area contributed by atoms with Crippen LogP contribution in [-0.4, -0.2) is 29.4 Å². The predicted molar refractivity (Wildman–Crippen MR) is 62.2 cm³/mol. The van der Waals surface area contributed by atoms with Crippen molar-refractivity contribution < 1.29 is 24.6 Å². The van der Waals surface area contributed by atoms with Gasteiger partial charge in [-0.25, -0.2) is 4.79 Å². The second-order valence-electron chi connectivity index (χ2n) is 3.18. The number of ether oxygens (including phenoxy) is 1. The van der Waals surface area contributed by atoms with Crippen LogP contribution in [0.4, 0.5) is 0 Å². The molecule has 0 fully saturated rings. The van der Waals surface area contributed by atoms with Gasteiger partial charge >= 0.3 is 5.97 Å². The predicted octanol–water partition coefficient (Wildman–Crippen LogP) is -0.0179. The molecule has 1 aromatic rings. The molecule has 2 atom stereocenters. The molecule has 0 bridgehead atoms. The van der Waals surface area contributed by atoms with Crippen LogP contribution in [-0.2, 0) is 9.63 Å². The van der Waals surface area contributed by atoms with Gasteiger partial charge in [0.2, 0.25) is 0 Å². The number of aliphatic hydroxyl groups is 2. The summed E-state index contributed by atoms with van der Waals surface area (Å²) in [5.74, 6) is -0.418. The van der Waals surface area contributed by atoms with Crippen LogP contribution in [0.25, 0.3) is 0 Å². The van der Waals surface area contributed by atoms with Gasteiger partial charge in [0.1, 0.15) is 11.9 Å².